The molecule has 0 amide bonds. The molecule has 1 saturated heterocycles. The number of nitriles is 2. The summed E-state index contributed by atoms with van der Waals surface area (Å²) < 4.78 is 13.8. The van der Waals surface area contributed by atoms with Crippen LogP contribution in [0.4, 0.5) is 0 Å². The minimum atomic E-state index is -0.742. The summed E-state index contributed by atoms with van der Waals surface area (Å²) in [6.07, 6.45) is 8.33. The summed E-state index contributed by atoms with van der Waals surface area (Å²) in [6, 6.07) is 32.2. The molecule has 0 radical (unpaired) electrons. The molecule has 8 bridgehead atoms. The molecule has 0 unspecified atom stereocenters. The Labute approximate surface area is 421 Å². The van der Waals surface area contributed by atoms with Gasteiger partial charge in [-0.1, -0.05) is 119 Å². The van der Waals surface area contributed by atoms with Gasteiger partial charge in [-0.2, -0.15) is 10.5 Å². The van der Waals surface area contributed by atoms with Gasteiger partial charge in [-0.3, -0.25) is 0 Å². The fourth-order valence-electron chi connectivity index (χ4n) is 9.52. The Morgan fingerprint density at radius 2 is 0.746 bits per heavy atom. The van der Waals surface area contributed by atoms with E-state index in [1.807, 2.05) is 12.1 Å². The summed E-state index contributed by atoms with van der Waals surface area (Å²) in [7, 11) is -0.742. The second-order valence-electron chi connectivity index (χ2n) is 24.8. The summed E-state index contributed by atoms with van der Waals surface area (Å²) in [5.74, 6) is 0. The molecule has 1 fully saturated rings. The van der Waals surface area contributed by atoms with Crippen molar-refractivity contribution in [2.45, 2.75) is 144 Å². The minimum absolute atomic E-state index is 0.145. The maximum absolute atomic E-state index is 10.3. The number of benzene rings is 3. The molecule has 3 aromatic heterocycles. The third kappa shape index (κ3) is 9.23. The van der Waals surface area contributed by atoms with Crippen molar-refractivity contribution in [2.24, 2.45) is 0 Å². The van der Waals surface area contributed by atoms with E-state index in [9.17, 15) is 10.5 Å². The highest BCUT2D eigenvalue weighted by atomic mass is 16.7. The zero-order valence-corrected chi connectivity index (χ0v) is 44.5. The molecule has 0 atom stereocenters. The predicted octanol–water partition coefficient (Wildman–Crippen LogP) is 14.9. The average molecular weight is 939 g/mol. The number of fused-ring (bicyclic) bond motifs is 8. The summed E-state index contributed by atoms with van der Waals surface area (Å²) in [6.45, 7) is 35.4. The Balaban J connectivity index is 1.50. The first-order valence-electron chi connectivity index (χ1n) is 24.8. The van der Waals surface area contributed by atoms with Crippen LogP contribution < -0.4 is 5.46 Å². The van der Waals surface area contributed by atoms with Gasteiger partial charge >= 0.3 is 7.12 Å². The summed E-state index contributed by atoms with van der Waals surface area (Å²) in [5.41, 5.74) is 16.3. The monoisotopic (exact) mass is 939 g/mol. The molecular weight excluding hydrogens is 872 g/mol. The number of nitrogens with one attached hydrogen (secondary N) is 2. The maximum Gasteiger partial charge on any atom is 0.499 e. The second-order valence-corrected chi connectivity index (χ2v) is 24.8. The van der Waals surface area contributed by atoms with Gasteiger partial charge in [-0.25, -0.2) is 9.97 Å². The summed E-state index contributed by atoms with van der Waals surface area (Å²) in [5, 5.41) is 20.6. The summed E-state index contributed by atoms with van der Waals surface area (Å²) >= 11 is 0. The van der Waals surface area contributed by atoms with Crippen LogP contribution in [0, 0.1) is 22.7 Å². The first-order chi connectivity index (χ1) is 33.0. The number of H-pyrrole nitrogens is 2. The van der Waals surface area contributed by atoms with Crippen LogP contribution in [0.25, 0.3) is 79.8 Å². The van der Waals surface area contributed by atoms with Crippen molar-refractivity contribution in [2.75, 3.05) is 0 Å². The van der Waals surface area contributed by atoms with Gasteiger partial charge < -0.3 is 19.3 Å². The molecule has 3 aliphatic heterocycles. The van der Waals surface area contributed by atoms with Crippen LogP contribution in [0.1, 0.15) is 167 Å². The lowest BCUT2D eigenvalue weighted by Crippen LogP contribution is -2.41. The molecule has 6 heterocycles. The Bertz CT molecular complexity index is 3320. The van der Waals surface area contributed by atoms with E-state index in [1.165, 1.54) is 22.3 Å². The second kappa shape index (κ2) is 16.9. The molecule has 0 spiro atoms. The lowest BCUT2D eigenvalue weighted by Gasteiger charge is -2.32. The lowest BCUT2D eigenvalue weighted by molar-refractivity contribution is 0.00578. The van der Waals surface area contributed by atoms with E-state index in [0.717, 1.165) is 72.4 Å². The van der Waals surface area contributed by atoms with Gasteiger partial charge in [-0.15, -0.1) is 0 Å². The van der Waals surface area contributed by atoms with E-state index in [1.54, 1.807) is 6.07 Å². The molecule has 8 nitrogen and oxygen atoms in total. The molecular formula is C62H67BN6O2. The van der Waals surface area contributed by atoms with Crippen LogP contribution in [0.5, 0.6) is 0 Å². The molecule has 0 aliphatic carbocycles. The van der Waals surface area contributed by atoms with Gasteiger partial charge in [0.25, 0.3) is 0 Å². The van der Waals surface area contributed by atoms with Crippen LogP contribution in [0.3, 0.4) is 0 Å². The molecule has 9 heteroatoms. The normalized spacial score (nSPS) is 15.5. The third-order valence-corrected chi connectivity index (χ3v) is 14.7. The molecule has 6 aromatic rings. The van der Waals surface area contributed by atoms with E-state index >= 15 is 0 Å². The average Bonchev–Trinajstić information content (AvgIpc) is 4.14. The largest absolute Gasteiger partial charge is 0.499 e. The summed E-state index contributed by atoms with van der Waals surface area (Å²) in [4.78, 5) is 18.9. The molecule has 9 rings (SSSR count). The van der Waals surface area contributed by atoms with Crippen molar-refractivity contribution in [3.63, 3.8) is 0 Å². The van der Waals surface area contributed by atoms with Crippen LogP contribution in [0.15, 0.2) is 78.9 Å². The Hall–Kier alpha value is -6.78. The van der Waals surface area contributed by atoms with E-state index in [-0.39, 0.29) is 21.7 Å². The predicted molar refractivity (Wildman–Crippen MR) is 295 cm³/mol. The van der Waals surface area contributed by atoms with Crippen molar-refractivity contribution in [1.29, 1.82) is 10.5 Å². The van der Waals surface area contributed by atoms with E-state index in [0.29, 0.717) is 22.4 Å². The fourth-order valence-corrected chi connectivity index (χ4v) is 9.52. The van der Waals surface area contributed by atoms with Crippen molar-refractivity contribution >= 4 is 59.0 Å². The molecule has 71 heavy (non-hydrogen) atoms. The van der Waals surface area contributed by atoms with Crippen LogP contribution in [-0.4, -0.2) is 38.3 Å². The van der Waals surface area contributed by atoms with Crippen molar-refractivity contribution < 1.29 is 9.31 Å². The molecule has 2 N–H and O–H groups in total. The van der Waals surface area contributed by atoms with Crippen LogP contribution >= 0.6 is 0 Å². The van der Waals surface area contributed by atoms with E-state index in [4.69, 9.17) is 19.3 Å². The Morgan fingerprint density at radius 3 is 1.10 bits per heavy atom. The first kappa shape index (κ1) is 49.2. The van der Waals surface area contributed by atoms with Crippen molar-refractivity contribution in [3.05, 3.63) is 135 Å². The van der Waals surface area contributed by atoms with Crippen LogP contribution in [0.2, 0.25) is 0 Å². The van der Waals surface area contributed by atoms with Gasteiger partial charge in [0.15, 0.2) is 0 Å². The third-order valence-electron chi connectivity index (χ3n) is 14.7. The Morgan fingerprint density at radius 1 is 0.437 bits per heavy atom. The zero-order valence-electron chi connectivity index (χ0n) is 44.5. The molecule has 3 aliphatic rings. The van der Waals surface area contributed by atoms with Gasteiger partial charge in [0.1, 0.15) is 0 Å². The smallest absolute Gasteiger partial charge is 0.399 e. The number of aromatic amines is 2. The Kier molecular flexibility index (Phi) is 11.7. The highest BCUT2D eigenvalue weighted by Gasteiger charge is 2.53. The number of nitrogens with zero attached hydrogens (tertiary/aromatic N) is 4. The number of hydrogen-bond acceptors (Lipinski definition) is 6. The van der Waals surface area contributed by atoms with Gasteiger partial charge in [-0.05, 0) is 155 Å². The maximum atomic E-state index is 10.3. The molecule has 3 aromatic carbocycles. The standard InChI is InChI=1S/C62H67BN6O2/c1-57(2,3)41-28-39(29-42(32-41)58(4,5)6)54-47-19-17-45(66-47)53(38-26-36(34-64)25-37(27-38)35-65)46-18-20-48(67-46)55(40-30-43(59(7,8)9)33-44(31-40)60(10,11)12)50-22-24-52(69-50)56(51-23-21-49(54)68-51)63-70-61(13,14)62(15,16)71-63/h17-33,66,69H,1-16H3. The SMILES string of the molecule is CC(C)(C)c1cc(-c2c3nc(c(-c4cc(C#N)cc(C#N)c4)c4ccc([nH]4)c(-c4cc(C(C)(C)C)cc(C(C)(C)C)c4)c4nc(c(B5OC(C)(C)C(C)(C)O5)c5ccc2[nH]5)C=C4)C=C3)cc(C(C)(C)C)c1. The van der Waals surface area contributed by atoms with E-state index in [2.05, 4.69) is 218 Å². The highest BCUT2D eigenvalue weighted by Crippen LogP contribution is 2.43. The zero-order chi connectivity index (χ0) is 51.4. The van der Waals surface area contributed by atoms with Gasteiger partial charge in [0, 0.05) is 44.2 Å². The number of rotatable bonds is 4. The first-order valence-corrected chi connectivity index (χ1v) is 24.8. The molecule has 360 valence electrons. The van der Waals surface area contributed by atoms with Crippen molar-refractivity contribution in [1.82, 2.24) is 19.9 Å². The highest BCUT2D eigenvalue weighted by molar-refractivity contribution is 6.65. The topological polar surface area (TPSA) is 123 Å². The van der Waals surface area contributed by atoms with Crippen molar-refractivity contribution in [3.8, 4) is 45.5 Å². The lowest BCUT2D eigenvalue weighted by atomic mass is 9.77. The van der Waals surface area contributed by atoms with Gasteiger partial charge in [0.05, 0.1) is 57.2 Å². The quantitative estimate of drug-likeness (QED) is 0.169. The number of hydrogen-bond donors (Lipinski definition) is 2. The van der Waals surface area contributed by atoms with Crippen LogP contribution in [-0.2, 0) is 31.0 Å². The van der Waals surface area contributed by atoms with Gasteiger partial charge in [0.2, 0.25) is 0 Å². The minimum Gasteiger partial charge on any atom is -0.399 e. The fraction of sp³-hybridized carbons (Fsp3) is 0.355. The van der Waals surface area contributed by atoms with E-state index < -0.39 is 18.3 Å². The number of aromatic nitrogens is 4. The molecule has 0 saturated carbocycles.